The van der Waals surface area contributed by atoms with Crippen LogP contribution in [0.1, 0.15) is 43.9 Å². The second kappa shape index (κ2) is 8.01. The van der Waals surface area contributed by atoms with Crippen LogP contribution in [-0.4, -0.2) is 26.5 Å². The minimum atomic E-state index is -2.88. The van der Waals surface area contributed by atoms with Gasteiger partial charge in [0.15, 0.2) is 0 Å². The minimum absolute atomic E-state index is 0.158. The summed E-state index contributed by atoms with van der Waals surface area (Å²) in [6.45, 7) is 6.64. The van der Waals surface area contributed by atoms with Crippen LogP contribution in [0, 0.1) is 6.92 Å². The molecule has 0 fully saturated rings. The van der Waals surface area contributed by atoms with Gasteiger partial charge in [-0.25, -0.2) is 8.42 Å². The largest absolute Gasteiger partial charge is 0.310 e. The van der Waals surface area contributed by atoms with Crippen molar-refractivity contribution in [1.29, 1.82) is 0 Å². The summed E-state index contributed by atoms with van der Waals surface area (Å²) in [5.74, 6) is 0.472. The van der Waals surface area contributed by atoms with Gasteiger partial charge in [0.05, 0.1) is 5.75 Å². The molecule has 3 nitrogen and oxygen atoms in total. The predicted molar refractivity (Wildman–Crippen MR) is 86.2 cm³/mol. The van der Waals surface area contributed by atoms with Gasteiger partial charge in [-0.1, -0.05) is 31.5 Å². The summed E-state index contributed by atoms with van der Waals surface area (Å²) < 4.78 is 23.1. The maximum atomic E-state index is 11.6. The molecule has 0 bridgehead atoms. The molecule has 0 aliphatic carbocycles. The monoisotopic (exact) mass is 317 g/mol. The fourth-order valence-corrected chi connectivity index (χ4v) is 3.33. The van der Waals surface area contributed by atoms with E-state index in [0.717, 1.165) is 23.6 Å². The predicted octanol–water partition coefficient (Wildman–Crippen LogP) is 3.51. The molecule has 5 heteroatoms. The highest BCUT2D eigenvalue weighted by atomic mass is 35.5. The zero-order valence-corrected chi connectivity index (χ0v) is 14.0. The molecule has 20 heavy (non-hydrogen) atoms. The molecule has 1 rings (SSSR count). The van der Waals surface area contributed by atoms with E-state index in [1.165, 1.54) is 5.56 Å². The normalized spacial score (nSPS) is 13.4. The molecular formula is C15H24ClNO2S. The summed E-state index contributed by atoms with van der Waals surface area (Å²) >= 11 is 6.07. The molecule has 1 aromatic carbocycles. The average molecular weight is 318 g/mol. The van der Waals surface area contributed by atoms with Crippen LogP contribution in [0.3, 0.4) is 0 Å². The molecule has 0 heterocycles. The molecule has 1 unspecified atom stereocenters. The molecule has 1 aromatic rings. The molecule has 1 N–H and O–H groups in total. The first-order chi connectivity index (χ1) is 9.39. The van der Waals surface area contributed by atoms with Gasteiger partial charge in [0.25, 0.3) is 0 Å². The van der Waals surface area contributed by atoms with E-state index in [0.29, 0.717) is 6.42 Å². The van der Waals surface area contributed by atoms with Crippen molar-refractivity contribution < 1.29 is 8.42 Å². The molecule has 0 saturated heterocycles. The standard InChI is InChI=1S/C15H24ClNO2S/c1-4-17-15(7-6-10-20(18,19)5-2)14-11-13(16)9-8-12(14)3/h8-9,11,15,17H,4-7,10H2,1-3H3. The van der Waals surface area contributed by atoms with Crippen LogP contribution in [0.5, 0.6) is 0 Å². The van der Waals surface area contributed by atoms with Gasteiger partial charge in [0.2, 0.25) is 0 Å². The van der Waals surface area contributed by atoms with E-state index in [1.54, 1.807) is 6.92 Å². The molecule has 0 amide bonds. The fourth-order valence-electron chi connectivity index (χ4n) is 2.25. The minimum Gasteiger partial charge on any atom is -0.310 e. The first-order valence-corrected chi connectivity index (χ1v) is 9.29. The summed E-state index contributed by atoms with van der Waals surface area (Å²) in [6.07, 6.45) is 1.47. The van der Waals surface area contributed by atoms with Gasteiger partial charge in [-0.05, 0) is 49.6 Å². The lowest BCUT2D eigenvalue weighted by atomic mass is 9.98. The Morgan fingerprint density at radius 2 is 2.00 bits per heavy atom. The van der Waals surface area contributed by atoms with Crippen LogP contribution < -0.4 is 5.32 Å². The second-order valence-corrected chi connectivity index (χ2v) is 7.90. The highest BCUT2D eigenvalue weighted by molar-refractivity contribution is 7.91. The van der Waals surface area contributed by atoms with Gasteiger partial charge >= 0.3 is 0 Å². The number of hydrogen-bond donors (Lipinski definition) is 1. The Kier molecular flexibility index (Phi) is 7.00. The van der Waals surface area contributed by atoms with Crippen molar-refractivity contribution in [1.82, 2.24) is 5.32 Å². The Hall–Kier alpha value is -0.580. The van der Waals surface area contributed by atoms with Gasteiger partial charge in [0.1, 0.15) is 9.84 Å². The molecule has 1 atom stereocenters. The Morgan fingerprint density at radius 3 is 2.60 bits per heavy atom. The smallest absolute Gasteiger partial charge is 0.150 e. The first-order valence-electron chi connectivity index (χ1n) is 7.09. The van der Waals surface area contributed by atoms with Crippen LogP contribution in [0.15, 0.2) is 18.2 Å². The lowest BCUT2D eigenvalue weighted by Gasteiger charge is -2.20. The van der Waals surface area contributed by atoms with E-state index in [2.05, 4.69) is 19.2 Å². The third kappa shape index (κ3) is 5.43. The van der Waals surface area contributed by atoms with Crippen molar-refractivity contribution in [2.24, 2.45) is 0 Å². The number of halogens is 1. The average Bonchev–Trinajstić information content (AvgIpc) is 2.40. The maximum absolute atomic E-state index is 11.6. The van der Waals surface area contributed by atoms with Gasteiger partial charge < -0.3 is 5.32 Å². The highest BCUT2D eigenvalue weighted by Gasteiger charge is 2.15. The van der Waals surface area contributed by atoms with Gasteiger partial charge in [-0.15, -0.1) is 0 Å². The lowest BCUT2D eigenvalue weighted by molar-refractivity contribution is 0.505. The molecule has 0 radical (unpaired) electrons. The van der Waals surface area contributed by atoms with Crippen LogP contribution in [0.4, 0.5) is 0 Å². The first kappa shape index (κ1) is 17.5. The van der Waals surface area contributed by atoms with Crippen molar-refractivity contribution >= 4 is 21.4 Å². The summed E-state index contributed by atoms with van der Waals surface area (Å²) in [4.78, 5) is 0. The van der Waals surface area contributed by atoms with Crippen LogP contribution in [-0.2, 0) is 9.84 Å². The number of sulfone groups is 1. The molecule has 114 valence electrons. The maximum Gasteiger partial charge on any atom is 0.150 e. The number of rotatable bonds is 8. The third-order valence-electron chi connectivity index (χ3n) is 3.46. The van der Waals surface area contributed by atoms with E-state index in [4.69, 9.17) is 11.6 Å². The Labute approximate surface area is 127 Å². The zero-order chi connectivity index (χ0) is 15.2. The van der Waals surface area contributed by atoms with Crippen molar-refractivity contribution in [3.63, 3.8) is 0 Å². The SMILES string of the molecule is CCNC(CCCS(=O)(=O)CC)c1cc(Cl)ccc1C. The third-order valence-corrected chi connectivity index (χ3v) is 5.48. The van der Waals surface area contributed by atoms with Crippen molar-refractivity contribution in [2.75, 3.05) is 18.1 Å². The Balaban J connectivity index is 2.76. The van der Waals surface area contributed by atoms with Gasteiger partial charge in [-0.3, -0.25) is 0 Å². The van der Waals surface area contributed by atoms with E-state index in [-0.39, 0.29) is 17.5 Å². The Morgan fingerprint density at radius 1 is 1.30 bits per heavy atom. The summed E-state index contributed by atoms with van der Waals surface area (Å²) in [5, 5.41) is 4.14. The highest BCUT2D eigenvalue weighted by Crippen LogP contribution is 2.25. The number of benzene rings is 1. The van der Waals surface area contributed by atoms with E-state index < -0.39 is 9.84 Å². The Bertz CT molecular complexity index is 529. The second-order valence-electron chi connectivity index (χ2n) is 4.99. The van der Waals surface area contributed by atoms with E-state index in [1.807, 2.05) is 18.2 Å². The summed E-state index contributed by atoms with van der Waals surface area (Å²) in [5.41, 5.74) is 2.34. The lowest BCUT2D eigenvalue weighted by Crippen LogP contribution is -2.22. The fraction of sp³-hybridized carbons (Fsp3) is 0.600. The molecule has 0 saturated carbocycles. The quantitative estimate of drug-likeness (QED) is 0.798. The van der Waals surface area contributed by atoms with Crippen molar-refractivity contribution in [2.45, 2.75) is 39.7 Å². The molecular weight excluding hydrogens is 294 g/mol. The molecule has 0 spiro atoms. The summed E-state index contributed by atoms with van der Waals surface area (Å²) in [6, 6.07) is 6.01. The van der Waals surface area contributed by atoms with Crippen molar-refractivity contribution in [3.8, 4) is 0 Å². The molecule has 0 aliphatic heterocycles. The summed E-state index contributed by atoms with van der Waals surface area (Å²) in [7, 11) is -2.88. The van der Waals surface area contributed by atoms with Crippen LogP contribution in [0.2, 0.25) is 5.02 Å². The van der Waals surface area contributed by atoms with Crippen LogP contribution in [0.25, 0.3) is 0 Å². The molecule has 0 aromatic heterocycles. The number of hydrogen-bond acceptors (Lipinski definition) is 3. The van der Waals surface area contributed by atoms with Gasteiger partial charge in [-0.2, -0.15) is 0 Å². The number of aryl methyl sites for hydroxylation is 1. The molecule has 0 aliphatic rings. The van der Waals surface area contributed by atoms with Gasteiger partial charge in [0, 0.05) is 16.8 Å². The van der Waals surface area contributed by atoms with E-state index >= 15 is 0 Å². The van der Waals surface area contributed by atoms with Crippen LogP contribution >= 0.6 is 11.6 Å². The number of nitrogens with one attached hydrogen (secondary N) is 1. The zero-order valence-electron chi connectivity index (χ0n) is 12.4. The van der Waals surface area contributed by atoms with E-state index in [9.17, 15) is 8.42 Å². The topological polar surface area (TPSA) is 46.2 Å². The van der Waals surface area contributed by atoms with Crippen molar-refractivity contribution in [3.05, 3.63) is 34.3 Å².